The van der Waals surface area contributed by atoms with Crippen LogP contribution < -0.4 is 5.32 Å². The van der Waals surface area contributed by atoms with Gasteiger partial charge in [0.2, 0.25) is 0 Å². The third-order valence-electron chi connectivity index (χ3n) is 3.51. The van der Waals surface area contributed by atoms with Crippen LogP contribution in [0.4, 0.5) is 0 Å². The van der Waals surface area contributed by atoms with Crippen LogP contribution in [0.2, 0.25) is 0 Å². The normalized spacial score (nSPS) is 12.7. The zero-order chi connectivity index (χ0) is 14.0. The van der Waals surface area contributed by atoms with Gasteiger partial charge in [-0.2, -0.15) is 0 Å². The Hall–Kier alpha value is -0.640. The summed E-state index contributed by atoms with van der Waals surface area (Å²) in [4.78, 5) is 2.74. The highest BCUT2D eigenvalue weighted by atomic mass is 79.9. The molecule has 1 heterocycles. The number of likely N-dealkylation sites (N-methyl/N-ethyl adjacent to an activating group) is 1. The van der Waals surface area contributed by atoms with Crippen LogP contribution in [0, 0.1) is 20.8 Å². The molecule has 1 aromatic carbocycles. The molecule has 1 atom stereocenters. The number of benzene rings is 1. The standard InChI is InChI=1S/C16H20BrNS/c1-10-5-6-13(7-11(10)2)9-15(18-4)16-14(17)8-12(3)19-16/h5-8,15,18H,9H2,1-4H3. The molecular weight excluding hydrogens is 318 g/mol. The SMILES string of the molecule is CNC(Cc1ccc(C)c(C)c1)c1sc(C)cc1Br. The van der Waals surface area contributed by atoms with Gasteiger partial charge in [0, 0.05) is 20.3 Å². The fraction of sp³-hybridized carbons (Fsp3) is 0.375. The summed E-state index contributed by atoms with van der Waals surface area (Å²) in [7, 11) is 2.03. The Labute approximate surface area is 128 Å². The van der Waals surface area contributed by atoms with Gasteiger partial charge in [-0.1, -0.05) is 18.2 Å². The Bertz CT molecular complexity index is 574. The maximum atomic E-state index is 3.67. The van der Waals surface area contributed by atoms with Gasteiger partial charge < -0.3 is 5.32 Å². The van der Waals surface area contributed by atoms with Crippen molar-refractivity contribution in [2.75, 3.05) is 7.05 Å². The smallest absolute Gasteiger partial charge is 0.0464 e. The Morgan fingerprint density at radius 2 is 1.89 bits per heavy atom. The predicted molar refractivity (Wildman–Crippen MR) is 88.2 cm³/mol. The van der Waals surface area contributed by atoms with Crippen LogP contribution >= 0.6 is 27.3 Å². The van der Waals surface area contributed by atoms with Gasteiger partial charge in [0.05, 0.1) is 0 Å². The molecule has 1 nitrogen and oxygen atoms in total. The minimum absolute atomic E-state index is 0.371. The number of thiophene rings is 1. The number of rotatable bonds is 4. The average molecular weight is 338 g/mol. The quantitative estimate of drug-likeness (QED) is 0.833. The first-order valence-corrected chi connectivity index (χ1v) is 8.11. The highest BCUT2D eigenvalue weighted by Gasteiger charge is 2.16. The van der Waals surface area contributed by atoms with Crippen LogP contribution in [0.1, 0.15) is 32.5 Å². The number of hydrogen-bond donors (Lipinski definition) is 1. The second kappa shape index (κ2) is 6.21. The Morgan fingerprint density at radius 1 is 1.16 bits per heavy atom. The largest absolute Gasteiger partial charge is 0.312 e. The molecule has 0 aliphatic rings. The molecule has 1 unspecified atom stereocenters. The summed E-state index contributed by atoms with van der Waals surface area (Å²) in [5.74, 6) is 0. The van der Waals surface area contributed by atoms with E-state index in [1.165, 1.54) is 30.9 Å². The first-order chi connectivity index (χ1) is 9.01. The van der Waals surface area contributed by atoms with E-state index in [0.29, 0.717) is 6.04 Å². The van der Waals surface area contributed by atoms with Crippen LogP contribution in [0.3, 0.4) is 0 Å². The molecule has 0 bridgehead atoms. The second-order valence-corrected chi connectivity index (χ2v) is 7.18. The number of hydrogen-bond acceptors (Lipinski definition) is 2. The number of halogens is 1. The van der Waals surface area contributed by atoms with Crippen molar-refractivity contribution in [2.45, 2.75) is 33.2 Å². The molecule has 0 amide bonds. The molecule has 19 heavy (non-hydrogen) atoms. The molecule has 3 heteroatoms. The van der Waals surface area contributed by atoms with Crippen molar-refractivity contribution in [1.29, 1.82) is 0 Å². The summed E-state index contributed by atoms with van der Waals surface area (Å²) in [6, 6.07) is 9.32. The third kappa shape index (κ3) is 3.47. The lowest BCUT2D eigenvalue weighted by Crippen LogP contribution is -2.18. The molecule has 0 aliphatic carbocycles. The molecule has 1 N–H and O–H groups in total. The van der Waals surface area contributed by atoms with Crippen LogP contribution in [0.5, 0.6) is 0 Å². The van der Waals surface area contributed by atoms with Gasteiger partial charge in [-0.05, 0) is 72.9 Å². The summed E-state index contributed by atoms with van der Waals surface area (Å²) in [6.07, 6.45) is 1.02. The molecule has 2 rings (SSSR count). The van der Waals surface area contributed by atoms with E-state index in [1.807, 2.05) is 18.4 Å². The average Bonchev–Trinajstić information content (AvgIpc) is 2.70. The molecule has 0 spiro atoms. The van der Waals surface area contributed by atoms with Crippen molar-refractivity contribution in [3.05, 3.63) is 55.2 Å². The Morgan fingerprint density at radius 3 is 2.42 bits per heavy atom. The molecule has 0 aliphatic heterocycles. The zero-order valence-corrected chi connectivity index (χ0v) is 14.3. The maximum absolute atomic E-state index is 3.67. The summed E-state index contributed by atoms with van der Waals surface area (Å²) in [6.45, 7) is 6.49. The van der Waals surface area contributed by atoms with Crippen molar-refractivity contribution in [1.82, 2.24) is 5.32 Å². The van der Waals surface area contributed by atoms with Gasteiger partial charge in [-0.25, -0.2) is 0 Å². The summed E-state index contributed by atoms with van der Waals surface area (Å²) in [5, 5.41) is 3.44. The predicted octanol–water partition coefficient (Wildman–Crippen LogP) is 4.94. The van der Waals surface area contributed by atoms with Crippen molar-refractivity contribution in [3.63, 3.8) is 0 Å². The van der Waals surface area contributed by atoms with Gasteiger partial charge in [-0.15, -0.1) is 11.3 Å². The summed E-state index contributed by atoms with van der Waals surface area (Å²) >= 11 is 5.53. The van der Waals surface area contributed by atoms with E-state index in [9.17, 15) is 0 Å². The highest BCUT2D eigenvalue weighted by Crippen LogP contribution is 2.33. The summed E-state index contributed by atoms with van der Waals surface area (Å²) < 4.78 is 1.22. The third-order valence-corrected chi connectivity index (χ3v) is 5.60. The van der Waals surface area contributed by atoms with E-state index >= 15 is 0 Å². The lowest BCUT2D eigenvalue weighted by molar-refractivity contribution is 0.600. The van der Waals surface area contributed by atoms with E-state index in [1.54, 1.807) is 0 Å². The van der Waals surface area contributed by atoms with Gasteiger partial charge in [0.15, 0.2) is 0 Å². The van der Waals surface area contributed by atoms with E-state index in [0.717, 1.165) is 6.42 Å². The monoisotopic (exact) mass is 337 g/mol. The molecular formula is C16H20BrNS. The molecule has 0 saturated carbocycles. The maximum Gasteiger partial charge on any atom is 0.0464 e. The molecule has 1 aromatic heterocycles. The lowest BCUT2D eigenvalue weighted by Gasteiger charge is -2.16. The van der Waals surface area contributed by atoms with Crippen molar-refractivity contribution in [3.8, 4) is 0 Å². The second-order valence-electron chi connectivity index (χ2n) is 5.03. The van der Waals surface area contributed by atoms with Crippen molar-refractivity contribution in [2.24, 2.45) is 0 Å². The number of aryl methyl sites for hydroxylation is 3. The zero-order valence-electron chi connectivity index (χ0n) is 11.9. The van der Waals surface area contributed by atoms with Crippen LogP contribution in [-0.4, -0.2) is 7.05 Å². The van der Waals surface area contributed by atoms with E-state index in [-0.39, 0.29) is 0 Å². The Balaban J connectivity index is 2.23. The molecule has 0 radical (unpaired) electrons. The molecule has 0 saturated heterocycles. The van der Waals surface area contributed by atoms with Gasteiger partial charge in [0.25, 0.3) is 0 Å². The van der Waals surface area contributed by atoms with Crippen LogP contribution in [0.25, 0.3) is 0 Å². The van der Waals surface area contributed by atoms with Crippen LogP contribution in [-0.2, 0) is 6.42 Å². The fourth-order valence-electron chi connectivity index (χ4n) is 2.23. The van der Waals surface area contributed by atoms with E-state index < -0.39 is 0 Å². The fourth-order valence-corrected chi connectivity index (χ4v) is 4.27. The van der Waals surface area contributed by atoms with Gasteiger partial charge in [0.1, 0.15) is 0 Å². The highest BCUT2D eigenvalue weighted by molar-refractivity contribution is 9.10. The lowest BCUT2D eigenvalue weighted by atomic mass is 10.0. The van der Waals surface area contributed by atoms with Gasteiger partial charge >= 0.3 is 0 Å². The van der Waals surface area contributed by atoms with E-state index in [2.05, 4.69) is 66.3 Å². The topological polar surface area (TPSA) is 12.0 Å². The van der Waals surface area contributed by atoms with E-state index in [4.69, 9.17) is 0 Å². The summed E-state index contributed by atoms with van der Waals surface area (Å²) in [5.41, 5.74) is 4.12. The minimum Gasteiger partial charge on any atom is -0.312 e. The van der Waals surface area contributed by atoms with Crippen molar-refractivity contribution >= 4 is 27.3 Å². The molecule has 2 aromatic rings. The van der Waals surface area contributed by atoms with Crippen molar-refractivity contribution < 1.29 is 0 Å². The Kier molecular flexibility index (Phi) is 4.82. The molecule has 0 fully saturated rings. The van der Waals surface area contributed by atoms with Crippen LogP contribution in [0.15, 0.2) is 28.7 Å². The minimum atomic E-state index is 0.371. The first-order valence-electron chi connectivity index (χ1n) is 6.50. The van der Waals surface area contributed by atoms with Gasteiger partial charge in [-0.3, -0.25) is 0 Å². The number of nitrogens with one attached hydrogen (secondary N) is 1. The molecule has 102 valence electrons. The first kappa shape index (κ1) is 14.8.